The summed E-state index contributed by atoms with van der Waals surface area (Å²) in [5.41, 5.74) is -4.63. The molecule has 0 aliphatic rings. The Morgan fingerprint density at radius 3 is 1.93 bits per heavy atom. The summed E-state index contributed by atoms with van der Waals surface area (Å²) in [6, 6.07) is 10.7. The fraction of sp³-hybridized carbons (Fsp3) is 0.296. The number of rotatable bonds is 8. The Kier molecular flexibility index (Phi) is 8.41. The maximum absolute atomic E-state index is 14.3. The van der Waals surface area contributed by atoms with Gasteiger partial charge in [0.05, 0.1) is 30.3 Å². The molecule has 0 saturated carbocycles. The van der Waals surface area contributed by atoms with Crippen LogP contribution in [0.4, 0.5) is 45.5 Å². The van der Waals surface area contributed by atoms with Crippen LogP contribution < -0.4 is 9.64 Å². The van der Waals surface area contributed by atoms with Crippen molar-refractivity contribution in [1.29, 1.82) is 0 Å². The highest BCUT2D eigenvalue weighted by Crippen LogP contribution is 2.41. The first kappa shape index (κ1) is 30.7. The summed E-state index contributed by atoms with van der Waals surface area (Å²) >= 11 is 0. The molecule has 0 bridgehead atoms. The molecule has 1 heterocycles. The van der Waals surface area contributed by atoms with E-state index >= 15 is 0 Å². The number of benzene rings is 3. The summed E-state index contributed by atoms with van der Waals surface area (Å²) in [5, 5.41) is 11.4. The van der Waals surface area contributed by atoms with Crippen LogP contribution in [0.15, 0.2) is 60.7 Å². The lowest BCUT2D eigenvalue weighted by atomic mass is 9.93. The van der Waals surface area contributed by atoms with Crippen molar-refractivity contribution in [1.82, 2.24) is 20.2 Å². The normalized spacial score (nSPS) is 12.5. The van der Waals surface area contributed by atoms with Gasteiger partial charge < -0.3 is 9.64 Å². The average molecular weight is 603 g/mol. The lowest BCUT2D eigenvalue weighted by Gasteiger charge is -2.26. The van der Waals surface area contributed by atoms with E-state index in [-0.39, 0.29) is 35.5 Å². The highest BCUT2D eigenvalue weighted by atomic mass is 19.4. The minimum absolute atomic E-state index is 0.0316. The van der Waals surface area contributed by atoms with Gasteiger partial charge in [-0.05, 0) is 59.2 Å². The van der Waals surface area contributed by atoms with E-state index in [2.05, 4.69) is 15.4 Å². The van der Waals surface area contributed by atoms with E-state index in [4.69, 9.17) is 4.74 Å². The minimum Gasteiger partial charge on any atom is -0.493 e. The van der Waals surface area contributed by atoms with Crippen LogP contribution in [-0.2, 0) is 38.7 Å². The molecule has 0 aliphatic carbocycles. The van der Waals surface area contributed by atoms with Crippen molar-refractivity contribution >= 4 is 5.95 Å². The number of ether oxygens (including phenoxy) is 1. The number of hydrogen-bond acceptors (Lipinski definition) is 5. The predicted molar refractivity (Wildman–Crippen MR) is 133 cm³/mol. The second-order valence-electron chi connectivity index (χ2n) is 9.11. The molecule has 0 fully saturated rings. The fourth-order valence-electron chi connectivity index (χ4n) is 4.37. The minimum atomic E-state index is -5.12. The zero-order chi connectivity index (χ0) is 30.9. The molecule has 0 amide bonds. The summed E-state index contributed by atoms with van der Waals surface area (Å²) in [6.07, 6.45) is -15.1. The van der Waals surface area contributed by atoms with Crippen LogP contribution in [0.5, 0.6) is 5.75 Å². The maximum atomic E-state index is 14.3. The van der Waals surface area contributed by atoms with E-state index in [1.807, 2.05) is 0 Å². The summed E-state index contributed by atoms with van der Waals surface area (Å²) in [6.45, 7) is 0.528. The zero-order valence-electron chi connectivity index (χ0n) is 21.9. The van der Waals surface area contributed by atoms with Crippen LogP contribution in [0.3, 0.4) is 0 Å². The van der Waals surface area contributed by atoms with E-state index in [0.29, 0.717) is 17.7 Å². The second kappa shape index (κ2) is 11.5. The molecule has 6 nitrogen and oxygen atoms in total. The van der Waals surface area contributed by atoms with Gasteiger partial charge >= 0.3 is 18.5 Å². The van der Waals surface area contributed by atoms with Crippen molar-refractivity contribution in [3.8, 4) is 16.9 Å². The van der Waals surface area contributed by atoms with Crippen LogP contribution in [0, 0.1) is 0 Å². The molecule has 0 atom stereocenters. The summed E-state index contributed by atoms with van der Waals surface area (Å²) in [4.78, 5) is 1.98. The first-order valence-electron chi connectivity index (χ1n) is 12.3. The molecular weight excluding hydrogens is 581 g/mol. The van der Waals surface area contributed by atoms with E-state index in [9.17, 15) is 39.5 Å². The van der Waals surface area contributed by atoms with Gasteiger partial charge in [-0.1, -0.05) is 35.4 Å². The van der Waals surface area contributed by atoms with Gasteiger partial charge in [-0.25, -0.2) is 0 Å². The number of tetrazole rings is 1. The third kappa shape index (κ3) is 6.94. The van der Waals surface area contributed by atoms with Crippen LogP contribution >= 0.6 is 0 Å². The van der Waals surface area contributed by atoms with Crippen molar-refractivity contribution in [2.75, 3.05) is 11.5 Å². The molecule has 0 saturated heterocycles. The van der Waals surface area contributed by atoms with Gasteiger partial charge in [-0.3, -0.25) is 0 Å². The average Bonchev–Trinajstić information content (AvgIpc) is 3.33. The summed E-state index contributed by atoms with van der Waals surface area (Å²) in [5.74, 6) is -0.0399. The van der Waals surface area contributed by atoms with Crippen molar-refractivity contribution in [3.63, 3.8) is 0 Å². The largest absolute Gasteiger partial charge is 0.493 e. The van der Waals surface area contributed by atoms with E-state index in [1.54, 1.807) is 25.1 Å². The third-order valence-electron chi connectivity index (χ3n) is 6.11. The van der Waals surface area contributed by atoms with Gasteiger partial charge in [-0.2, -0.15) is 44.3 Å². The Labute approximate surface area is 233 Å². The Balaban J connectivity index is 1.90. The molecule has 15 heteroatoms. The molecule has 224 valence electrons. The van der Waals surface area contributed by atoms with Gasteiger partial charge in [0.2, 0.25) is 0 Å². The number of nitrogens with zero attached hydrogens (tertiary/aromatic N) is 5. The van der Waals surface area contributed by atoms with Crippen LogP contribution in [0.1, 0.15) is 34.7 Å². The number of para-hydroxylation sites is 1. The monoisotopic (exact) mass is 603 g/mol. The van der Waals surface area contributed by atoms with E-state index in [1.165, 1.54) is 25.2 Å². The SMILES string of the molecule is CCOc1ccccc1-c1cccc(C(F)(F)F)c1CN(Cc1cc(C(F)(F)F)cc(C(F)(F)F)c1)c1nnn(C)n1. The number of halogens is 9. The molecule has 4 rings (SSSR count). The molecule has 1 aromatic heterocycles. The third-order valence-corrected chi connectivity index (χ3v) is 6.11. The Morgan fingerprint density at radius 2 is 1.38 bits per heavy atom. The van der Waals surface area contributed by atoms with Crippen molar-refractivity contribution < 1.29 is 44.3 Å². The standard InChI is InChI=1S/C27H22F9N5O/c1-3-42-23-10-5-4-7-20(23)19-8-6-9-22(27(34,35)36)21(19)15-41(24-37-39-40(2)38-24)14-16-11-17(25(28,29)30)13-18(12-16)26(31,32)33/h4-13H,3,14-15H2,1-2H3. The summed E-state index contributed by atoms with van der Waals surface area (Å²) < 4.78 is 130. The molecule has 4 aromatic rings. The quantitative estimate of drug-likeness (QED) is 0.195. The predicted octanol–water partition coefficient (Wildman–Crippen LogP) is 7.54. The molecule has 0 spiro atoms. The van der Waals surface area contributed by atoms with Crippen molar-refractivity contribution in [2.45, 2.75) is 38.5 Å². The number of aromatic nitrogens is 4. The van der Waals surface area contributed by atoms with Gasteiger partial charge in [0.1, 0.15) is 5.75 Å². The first-order valence-corrected chi connectivity index (χ1v) is 12.3. The second-order valence-corrected chi connectivity index (χ2v) is 9.11. The number of hydrogen-bond donors (Lipinski definition) is 0. The smallest absolute Gasteiger partial charge is 0.416 e. The number of alkyl halides is 9. The first-order chi connectivity index (χ1) is 19.6. The topological polar surface area (TPSA) is 56.1 Å². The molecule has 0 aliphatic heterocycles. The van der Waals surface area contributed by atoms with Crippen LogP contribution in [0.25, 0.3) is 11.1 Å². The van der Waals surface area contributed by atoms with Crippen molar-refractivity contribution in [3.05, 3.63) is 88.5 Å². The fourth-order valence-corrected chi connectivity index (χ4v) is 4.37. The number of aryl methyl sites for hydroxylation is 1. The molecule has 42 heavy (non-hydrogen) atoms. The van der Waals surface area contributed by atoms with Gasteiger partial charge in [0, 0.05) is 18.7 Å². The summed E-state index contributed by atoms with van der Waals surface area (Å²) in [7, 11) is 1.34. The van der Waals surface area contributed by atoms with Crippen LogP contribution in [-0.4, -0.2) is 26.8 Å². The number of anilines is 1. The van der Waals surface area contributed by atoms with Gasteiger partial charge in [-0.15, -0.1) is 5.10 Å². The maximum Gasteiger partial charge on any atom is 0.416 e. The molecule has 0 N–H and O–H groups in total. The molecular formula is C27H22F9N5O. The zero-order valence-corrected chi connectivity index (χ0v) is 21.9. The van der Waals surface area contributed by atoms with Crippen molar-refractivity contribution in [2.24, 2.45) is 7.05 Å². The molecule has 0 unspecified atom stereocenters. The van der Waals surface area contributed by atoms with Gasteiger partial charge in [0.25, 0.3) is 5.95 Å². The van der Waals surface area contributed by atoms with Crippen LogP contribution in [0.2, 0.25) is 0 Å². The van der Waals surface area contributed by atoms with E-state index in [0.717, 1.165) is 15.8 Å². The molecule has 3 aromatic carbocycles. The lowest BCUT2D eigenvalue weighted by molar-refractivity contribution is -0.143. The highest BCUT2D eigenvalue weighted by Gasteiger charge is 2.38. The Hall–Kier alpha value is -4.30. The lowest BCUT2D eigenvalue weighted by Crippen LogP contribution is -2.26. The van der Waals surface area contributed by atoms with E-state index < -0.39 is 53.9 Å². The highest BCUT2D eigenvalue weighted by molar-refractivity contribution is 5.75. The Bertz CT molecular complexity index is 1510. The molecule has 0 radical (unpaired) electrons. The van der Waals surface area contributed by atoms with Gasteiger partial charge in [0.15, 0.2) is 0 Å². The Morgan fingerprint density at radius 1 is 0.762 bits per heavy atom.